The van der Waals surface area contributed by atoms with E-state index in [9.17, 15) is 9.59 Å². The molecule has 0 aromatic rings. The highest BCUT2D eigenvalue weighted by Gasteiger charge is 2.31. The van der Waals surface area contributed by atoms with Crippen molar-refractivity contribution in [1.29, 1.82) is 0 Å². The van der Waals surface area contributed by atoms with Crippen molar-refractivity contribution in [3.63, 3.8) is 0 Å². The predicted molar refractivity (Wildman–Crippen MR) is 81.7 cm³/mol. The van der Waals surface area contributed by atoms with Gasteiger partial charge in [-0.05, 0) is 19.8 Å². The molecule has 20 heavy (non-hydrogen) atoms. The van der Waals surface area contributed by atoms with Crippen LogP contribution in [0.15, 0.2) is 0 Å². The molecule has 0 aliphatic carbocycles. The summed E-state index contributed by atoms with van der Waals surface area (Å²) in [5.41, 5.74) is -0.316. The van der Waals surface area contributed by atoms with Gasteiger partial charge in [-0.1, -0.05) is 58.8 Å². The zero-order chi connectivity index (χ0) is 15.4. The smallest absolute Gasteiger partial charge is 0.323 e. The molecule has 0 spiro atoms. The summed E-state index contributed by atoms with van der Waals surface area (Å²) in [7, 11) is 0. The van der Waals surface area contributed by atoms with Crippen LogP contribution >= 0.6 is 0 Å². The highest BCUT2D eigenvalue weighted by molar-refractivity contribution is 5.72. The minimum Gasteiger partial charge on any atom is -0.480 e. The Bertz CT molecular complexity index is 281. The van der Waals surface area contributed by atoms with Gasteiger partial charge in [-0.2, -0.15) is 0 Å². The highest BCUT2D eigenvalue weighted by atomic mass is 16.4. The molecule has 0 heterocycles. The van der Waals surface area contributed by atoms with Crippen LogP contribution in [0, 0.1) is 0 Å². The van der Waals surface area contributed by atoms with Crippen molar-refractivity contribution in [1.82, 2.24) is 4.90 Å². The van der Waals surface area contributed by atoms with Crippen LogP contribution in [-0.2, 0) is 9.59 Å². The van der Waals surface area contributed by atoms with Gasteiger partial charge in [0.2, 0.25) is 6.41 Å². The topological polar surface area (TPSA) is 57.6 Å². The molecular formula is C16H31NO3. The number of carboxylic acids is 1. The van der Waals surface area contributed by atoms with Crippen molar-refractivity contribution >= 4 is 12.4 Å². The molecule has 0 aromatic carbocycles. The quantitative estimate of drug-likeness (QED) is 0.413. The molecule has 0 fully saturated rings. The van der Waals surface area contributed by atoms with Gasteiger partial charge in [-0.3, -0.25) is 9.59 Å². The third-order valence-electron chi connectivity index (χ3n) is 4.01. The SMILES string of the molecule is CCCCCCC(C)(CCCCC)N(C=O)CC(=O)O. The molecule has 0 saturated heterocycles. The number of nitrogens with zero attached hydrogens (tertiary/aromatic N) is 1. The van der Waals surface area contributed by atoms with Gasteiger partial charge in [0.1, 0.15) is 6.54 Å². The van der Waals surface area contributed by atoms with E-state index in [2.05, 4.69) is 13.8 Å². The maximum atomic E-state index is 11.3. The lowest BCUT2D eigenvalue weighted by molar-refractivity contribution is -0.144. The Kier molecular flexibility index (Phi) is 10.1. The molecule has 0 radical (unpaired) electrons. The fourth-order valence-electron chi connectivity index (χ4n) is 2.60. The Hall–Kier alpha value is -1.06. The van der Waals surface area contributed by atoms with Crippen molar-refractivity contribution in [2.24, 2.45) is 0 Å². The molecule has 1 N–H and O–H groups in total. The summed E-state index contributed by atoms with van der Waals surface area (Å²) in [6.45, 7) is 6.15. The summed E-state index contributed by atoms with van der Waals surface area (Å²) in [5, 5.41) is 8.96. The van der Waals surface area contributed by atoms with Gasteiger partial charge in [0.05, 0.1) is 0 Å². The second-order valence-electron chi connectivity index (χ2n) is 5.89. The first-order valence-electron chi connectivity index (χ1n) is 7.94. The Morgan fingerprint density at radius 3 is 2.00 bits per heavy atom. The van der Waals surface area contributed by atoms with E-state index < -0.39 is 5.97 Å². The van der Waals surface area contributed by atoms with Crippen molar-refractivity contribution in [3.8, 4) is 0 Å². The van der Waals surface area contributed by atoms with Gasteiger partial charge in [-0.25, -0.2) is 0 Å². The average molecular weight is 285 g/mol. The van der Waals surface area contributed by atoms with E-state index in [0.717, 1.165) is 44.9 Å². The number of hydrogen-bond donors (Lipinski definition) is 1. The van der Waals surface area contributed by atoms with Crippen LogP contribution in [0.4, 0.5) is 0 Å². The molecule has 0 aromatic heterocycles. The highest BCUT2D eigenvalue weighted by Crippen LogP contribution is 2.28. The number of amides is 1. The number of aliphatic carboxylic acids is 1. The first-order valence-corrected chi connectivity index (χ1v) is 7.94. The second kappa shape index (κ2) is 10.7. The van der Waals surface area contributed by atoms with Crippen LogP contribution in [0.1, 0.15) is 78.6 Å². The molecule has 0 aliphatic heterocycles. The first kappa shape index (κ1) is 18.9. The van der Waals surface area contributed by atoms with Crippen molar-refractivity contribution in [2.75, 3.05) is 6.54 Å². The van der Waals surface area contributed by atoms with Gasteiger partial charge in [0.15, 0.2) is 0 Å². The van der Waals surface area contributed by atoms with Crippen LogP contribution in [0.25, 0.3) is 0 Å². The number of carbonyl (C=O) groups excluding carboxylic acids is 1. The number of rotatable bonds is 13. The standard InChI is InChI=1S/C16H31NO3/c1-4-6-8-10-12-16(3,11-9-7-5-2)17(14-18)13-15(19)20/h14H,4-13H2,1-3H3,(H,19,20). The van der Waals surface area contributed by atoms with Crippen LogP contribution in [0.3, 0.4) is 0 Å². The van der Waals surface area contributed by atoms with Crippen LogP contribution < -0.4 is 0 Å². The Labute approximate surface area is 123 Å². The monoisotopic (exact) mass is 285 g/mol. The molecule has 0 bridgehead atoms. The minimum atomic E-state index is -0.938. The zero-order valence-corrected chi connectivity index (χ0v) is 13.4. The number of hydrogen-bond acceptors (Lipinski definition) is 2. The maximum absolute atomic E-state index is 11.3. The lowest BCUT2D eigenvalue weighted by Crippen LogP contribution is -2.48. The van der Waals surface area contributed by atoms with Crippen molar-refractivity contribution in [3.05, 3.63) is 0 Å². The van der Waals surface area contributed by atoms with Gasteiger partial charge in [-0.15, -0.1) is 0 Å². The van der Waals surface area contributed by atoms with Crippen LogP contribution in [-0.4, -0.2) is 34.5 Å². The molecule has 4 nitrogen and oxygen atoms in total. The molecule has 1 unspecified atom stereocenters. The summed E-state index contributed by atoms with van der Waals surface area (Å²) < 4.78 is 0. The molecule has 1 atom stereocenters. The van der Waals surface area contributed by atoms with Gasteiger partial charge < -0.3 is 10.0 Å². The minimum absolute atomic E-state index is 0.195. The molecule has 0 aliphatic rings. The second-order valence-corrected chi connectivity index (χ2v) is 5.89. The Morgan fingerprint density at radius 1 is 1.05 bits per heavy atom. The summed E-state index contributed by atoms with van der Waals surface area (Å²) in [4.78, 5) is 23.7. The molecule has 1 amide bonds. The predicted octanol–water partition coefficient (Wildman–Crippen LogP) is 3.84. The van der Waals surface area contributed by atoms with Gasteiger partial charge in [0, 0.05) is 5.54 Å². The van der Waals surface area contributed by atoms with Gasteiger partial charge >= 0.3 is 5.97 Å². The zero-order valence-electron chi connectivity index (χ0n) is 13.4. The number of carboxylic acid groups (broad SMARTS) is 1. The number of carbonyl (C=O) groups is 2. The normalized spacial score (nSPS) is 13.8. The molecule has 0 saturated carbocycles. The molecular weight excluding hydrogens is 254 g/mol. The summed E-state index contributed by atoms with van der Waals surface area (Å²) >= 11 is 0. The molecule has 4 heteroatoms. The maximum Gasteiger partial charge on any atom is 0.323 e. The first-order chi connectivity index (χ1) is 9.50. The third-order valence-corrected chi connectivity index (χ3v) is 4.01. The third kappa shape index (κ3) is 7.51. The summed E-state index contributed by atoms with van der Waals surface area (Å²) in [6.07, 6.45) is 10.4. The van der Waals surface area contributed by atoms with E-state index in [0.29, 0.717) is 6.41 Å². The molecule has 118 valence electrons. The Balaban J connectivity index is 4.62. The van der Waals surface area contributed by atoms with E-state index in [4.69, 9.17) is 5.11 Å². The van der Waals surface area contributed by atoms with Gasteiger partial charge in [0.25, 0.3) is 0 Å². The lowest BCUT2D eigenvalue weighted by atomic mass is 9.86. The molecule has 0 rings (SSSR count). The van der Waals surface area contributed by atoms with Crippen LogP contribution in [0.5, 0.6) is 0 Å². The summed E-state index contributed by atoms with van der Waals surface area (Å²) in [6, 6.07) is 0. The largest absolute Gasteiger partial charge is 0.480 e. The van der Waals surface area contributed by atoms with E-state index >= 15 is 0 Å². The average Bonchev–Trinajstić information content (AvgIpc) is 2.41. The van der Waals surface area contributed by atoms with Crippen molar-refractivity contribution < 1.29 is 14.7 Å². The van der Waals surface area contributed by atoms with E-state index in [1.54, 1.807) is 0 Å². The Morgan fingerprint density at radius 2 is 1.55 bits per heavy atom. The lowest BCUT2D eigenvalue weighted by Gasteiger charge is -2.38. The van der Waals surface area contributed by atoms with E-state index in [1.807, 2.05) is 6.92 Å². The fourth-order valence-corrected chi connectivity index (χ4v) is 2.60. The van der Waals surface area contributed by atoms with Crippen LogP contribution in [0.2, 0.25) is 0 Å². The van der Waals surface area contributed by atoms with E-state index in [1.165, 1.54) is 17.7 Å². The summed E-state index contributed by atoms with van der Waals surface area (Å²) in [5.74, 6) is -0.938. The van der Waals surface area contributed by atoms with E-state index in [-0.39, 0.29) is 12.1 Å². The fraction of sp³-hybridized carbons (Fsp3) is 0.875. The number of unbranched alkanes of at least 4 members (excludes halogenated alkanes) is 5. The van der Waals surface area contributed by atoms with Crippen molar-refractivity contribution in [2.45, 2.75) is 84.1 Å².